The van der Waals surface area contributed by atoms with Crippen LogP contribution in [0.2, 0.25) is 0 Å². The zero-order valence-corrected chi connectivity index (χ0v) is 8.13. The molecule has 1 heterocycles. The van der Waals surface area contributed by atoms with E-state index in [1.807, 2.05) is 7.05 Å². The fourth-order valence-electron chi connectivity index (χ4n) is 0.650. The number of rotatable bonds is 3. The predicted molar refractivity (Wildman–Crippen MR) is 47.4 cm³/mol. The van der Waals surface area contributed by atoms with Gasteiger partial charge in [0.1, 0.15) is 0 Å². The molecule has 0 fully saturated rings. The fourth-order valence-corrected chi connectivity index (χ4v) is 1.73. The standard InChI is InChI=1S/C6H9BrN2S/c1-8-3-2-5-4-10-6(7)9-5/h4,8H,2-3H2,1H3. The maximum atomic E-state index is 4.24. The molecule has 0 aliphatic rings. The second-order valence-electron chi connectivity index (χ2n) is 1.95. The zero-order chi connectivity index (χ0) is 7.40. The number of hydrogen-bond acceptors (Lipinski definition) is 3. The zero-order valence-electron chi connectivity index (χ0n) is 5.72. The maximum Gasteiger partial charge on any atom is 0.159 e. The summed E-state index contributed by atoms with van der Waals surface area (Å²) >= 11 is 4.94. The molecule has 1 N–H and O–H groups in total. The Labute approximate surface area is 72.8 Å². The third-order valence-electron chi connectivity index (χ3n) is 1.15. The summed E-state index contributed by atoms with van der Waals surface area (Å²) in [5.74, 6) is 0. The molecule has 0 bridgehead atoms. The van der Waals surface area contributed by atoms with Gasteiger partial charge in [0.2, 0.25) is 0 Å². The Bertz CT molecular complexity index is 199. The smallest absolute Gasteiger partial charge is 0.159 e. The van der Waals surface area contributed by atoms with Crippen molar-refractivity contribution in [2.45, 2.75) is 6.42 Å². The highest BCUT2D eigenvalue weighted by Gasteiger charge is 1.96. The maximum absolute atomic E-state index is 4.24. The van der Waals surface area contributed by atoms with E-state index < -0.39 is 0 Å². The highest BCUT2D eigenvalue weighted by Crippen LogP contribution is 2.15. The molecule has 0 aliphatic carbocycles. The van der Waals surface area contributed by atoms with Gasteiger partial charge >= 0.3 is 0 Å². The number of aromatic nitrogens is 1. The normalized spacial score (nSPS) is 10.2. The van der Waals surface area contributed by atoms with E-state index in [1.54, 1.807) is 11.3 Å². The Kier molecular flexibility index (Phi) is 3.31. The van der Waals surface area contributed by atoms with Crippen LogP contribution in [0.4, 0.5) is 0 Å². The third kappa shape index (κ3) is 2.36. The average Bonchev–Trinajstić information content (AvgIpc) is 2.31. The van der Waals surface area contributed by atoms with E-state index in [1.165, 1.54) is 0 Å². The molecular formula is C6H9BrN2S. The number of nitrogens with zero attached hydrogens (tertiary/aromatic N) is 1. The van der Waals surface area contributed by atoms with Crippen molar-refractivity contribution in [1.29, 1.82) is 0 Å². The van der Waals surface area contributed by atoms with Crippen LogP contribution >= 0.6 is 27.3 Å². The topological polar surface area (TPSA) is 24.9 Å². The molecule has 4 heteroatoms. The molecule has 1 aromatic heterocycles. The molecule has 2 nitrogen and oxygen atoms in total. The first-order chi connectivity index (χ1) is 4.83. The van der Waals surface area contributed by atoms with Crippen LogP contribution < -0.4 is 5.32 Å². The SMILES string of the molecule is CNCCc1csc(Br)n1. The molecule has 1 rings (SSSR count). The second-order valence-corrected chi connectivity index (χ2v) is 4.08. The van der Waals surface area contributed by atoms with Gasteiger partial charge in [-0.15, -0.1) is 11.3 Å². The highest BCUT2D eigenvalue weighted by molar-refractivity contribution is 9.11. The minimum absolute atomic E-state index is 0.971. The van der Waals surface area contributed by atoms with Gasteiger partial charge < -0.3 is 5.32 Å². The Morgan fingerprint density at radius 3 is 3.10 bits per heavy atom. The van der Waals surface area contributed by atoms with Crippen LogP contribution in [0.3, 0.4) is 0 Å². The molecule has 0 spiro atoms. The van der Waals surface area contributed by atoms with E-state index in [9.17, 15) is 0 Å². The summed E-state index contributed by atoms with van der Waals surface area (Å²) in [6.07, 6.45) is 1.01. The van der Waals surface area contributed by atoms with Gasteiger partial charge in [0.25, 0.3) is 0 Å². The molecule has 0 unspecified atom stereocenters. The number of hydrogen-bond donors (Lipinski definition) is 1. The molecule has 0 amide bonds. The van der Waals surface area contributed by atoms with E-state index in [-0.39, 0.29) is 0 Å². The second kappa shape index (κ2) is 4.05. The van der Waals surface area contributed by atoms with Gasteiger partial charge in [-0.3, -0.25) is 0 Å². The summed E-state index contributed by atoms with van der Waals surface area (Å²) in [4.78, 5) is 4.24. The lowest BCUT2D eigenvalue weighted by molar-refractivity contribution is 0.779. The van der Waals surface area contributed by atoms with E-state index in [2.05, 4.69) is 31.6 Å². The van der Waals surface area contributed by atoms with Gasteiger partial charge in [-0.25, -0.2) is 4.98 Å². The molecular weight excluding hydrogens is 212 g/mol. The Morgan fingerprint density at radius 1 is 1.80 bits per heavy atom. The van der Waals surface area contributed by atoms with Crippen LogP contribution in [0.1, 0.15) is 5.69 Å². The Balaban J connectivity index is 2.42. The summed E-state index contributed by atoms with van der Waals surface area (Å²) in [6, 6.07) is 0. The van der Waals surface area contributed by atoms with Gasteiger partial charge in [-0.1, -0.05) is 0 Å². The molecule has 0 saturated carbocycles. The van der Waals surface area contributed by atoms with Crippen molar-refractivity contribution in [3.05, 3.63) is 15.0 Å². The fraction of sp³-hybridized carbons (Fsp3) is 0.500. The molecule has 0 aromatic carbocycles. The first kappa shape index (κ1) is 8.17. The van der Waals surface area contributed by atoms with E-state index in [0.717, 1.165) is 22.6 Å². The third-order valence-corrected chi connectivity index (χ3v) is 2.57. The van der Waals surface area contributed by atoms with Crippen LogP contribution in [0, 0.1) is 0 Å². The number of likely N-dealkylation sites (N-methyl/N-ethyl adjacent to an activating group) is 1. The number of halogens is 1. The molecule has 1 aromatic rings. The summed E-state index contributed by atoms with van der Waals surface area (Å²) in [5.41, 5.74) is 1.16. The van der Waals surface area contributed by atoms with Crippen molar-refractivity contribution < 1.29 is 0 Å². The van der Waals surface area contributed by atoms with Crippen molar-refractivity contribution in [2.75, 3.05) is 13.6 Å². The Morgan fingerprint density at radius 2 is 2.60 bits per heavy atom. The largest absolute Gasteiger partial charge is 0.319 e. The summed E-state index contributed by atoms with van der Waals surface area (Å²) in [5, 5.41) is 5.15. The van der Waals surface area contributed by atoms with Crippen LogP contribution in [-0.2, 0) is 6.42 Å². The van der Waals surface area contributed by atoms with Crippen LogP contribution in [0.5, 0.6) is 0 Å². The van der Waals surface area contributed by atoms with Crippen LogP contribution in [-0.4, -0.2) is 18.6 Å². The highest BCUT2D eigenvalue weighted by atomic mass is 79.9. The lowest BCUT2D eigenvalue weighted by Crippen LogP contribution is -2.10. The molecule has 0 radical (unpaired) electrons. The van der Waals surface area contributed by atoms with Crippen molar-refractivity contribution in [3.63, 3.8) is 0 Å². The van der Waals surface area contributed by atoms with E-state index >= 15 is 0 Å². The number of thiazole rings is 1. The van der Waals surface area contributed by atoms with Crippen molar-refractivity contribution >= 4 is 27.3 Å². The lowest BCUT2D eigenvalue weighted by Gasteiger charge is -1.92. The Hall–Kier alpha value is 0.0700. The molecule has 0 atom stereocenters. The van der Waals surface area contributed by atoms with Crippen molar-refractivity contribution in [2.24, 2.45) is 0 Å². The quantitative estimate of drug-likeness (QED) is 0.839. The predicted octanol–water partition coefficient (Wildman–Crippen LogP) is 1.67. The van der Waals surface area contributed by atoms with Gasteiger partial charge in [0.15, 0.2) is 3.92 Å². The van der Waals surface area contributed by atoms with E-state index in [4.69, 9.17) is 0 Å². The molecule has 0 saturated heterocycles. The van der Waals surface area contributed by atoms with Gasteiger partial charge in [-0.05, 0) is 23.0 Å². The van der Waals surface area contributed by atoms with E-state index in [0.29, 0.717) is 0 Å². The first-order valence-electron chi connectivity index (χ1n) is 3.07. The first-order valence-corrected chi connectivity index (χ1v) is 4.74. The minimum atomic E-state index is 0.971. The lowest BCUT2D eigenvalue weighted by atomic mass is 10.3. The average molecular weight is 221 g/mol. The molecule has 10 heavy (non-hydrogen) atoms. The van der Waals surface area contributed by atoms with Crippen molar-refractivity contribution in [3.8, 4) is 0 Å². The molecule has 0 aliphatic heterocycles. The van der Waals surface area contributed by atoms with Crippen LogP contribution in [0.25, 0.3) is 0 Å². The molecule has 56 valence electrons. The summed E-state index contributed by atoms with van der Waals surface area (Å²) < 4.78 is 0.971. The van der Waals surface area contributed by atoms with Gasteiger partial charge in [-0.2, -0.15) is 0 Å². The summed E-state index contributed by atoms with van der Waals surface area (Å²) in [6.45, 7) is 0.996. The van der Waals surface area contributed by atoms with Crippen molar-refractivity contribution in [1.82, 2.24) is 10.3 Å². The van der Waals surface area contributed by atoms with Crippen LogP contribution in [0.15, 0.2) is 9.30 Å². The van der Waals surface area contributed by atoms with Gasteiger partial charge in [0.05, 0.1) is 5.69 Å². The van der Waals surface area contributed by atoms with Gasteiger partial charge in [0, 0.05) is 18.3 Å². The minimum Gasteiger partial charge on any atom is -0.319 e. The monoisotopic (exact) mass is 220 g/mol. The number of nitrogens with one attached hydrogen (secondary N) is 1. The summed E-state index contributed by atoms with van der Waals surface area (Å²) in [7, 11) is 1.95.